The van der Waals surface area contributed by atoms with E-state index >= 15 is 0 Å². The van der Waals surface area contributed by atoms with E-state index in [1.165, 1.54) is 11.1 Å². The maximum absolute atomic E-state index is 13.3. The van der Waals surface area contributed by atoms with Crippen molar-refractivity contribution in [2.24, 2.45) is 0 Å². The summed E-state index contributed by atoms with van der Waals surface area (Å²) in [5.41, 5.74) is 7.36. The summed E-state index contributed by atoms with van der Waals surface area (Å²) in [6, 6.07) is 19.2. The second-order valence-corrected chi connectivity index (χ2v) is 10.9. The SMILES string of the molecule is CC(C)Oc1ccc(-c2ccc3c(c2)C=C(C(=O)Nc2ccc(CN(C)C4CCOCC4)cc2)CCC3)cn1. The normalized spacial score (nSPS) is 16.0. The summed E-state index contributed by atoms with van der Waals surface area (Å²) in [5, 5.41) is 3.12. The Balaban J connectivity index is 1.25. The molecule has 0 bridgehead atoms. The van der Waals surface area contributed by atoms with Gasteiger partial charge in [-0.1, -0.05) is 24.3 Å². The van der Waals surface area contributed by atoms with E-state index in [9.17, 15) is 4.79 Å². The Kier molecular flexibility index (Phi) is 8.74. The molecule has 0 unspecified atom stereocenters. The van der Waals surface area contributed by atoms with Gasteiger partial charge < -0.3 is 14.8 Å². The number of pyridine rings is 1. The fraction of sp³-hybridized carbons (Fsp3) is 0.394. The van der Waals surface area contributed by atoms with Crippen LogP contribution in [-0.4, -0.2) is 48.2 Å². The van der Waals surface area contributed by atoms with E-state index in [2.05, 4.69) is 58.7 Å². The minimum Gasteiger partial charge on any atom is -0.475 e. The molecule has 6 heteroatoms. The summed E-state index contributed by atoms with van der Waals surface area (Å²) in [6.45, 7) is 6.57. The lowest BCUT2D eigenvalue weighted by Gasteiger charge is -2.31. The quantitative estimate of drug-likeness (QED) is 0.363. The Hall–Kier alpha value is -3.48. The van der Waals surface area contributed by atoms with Crippen molar-refractivity contribution in [1.82, 2.24) is 9.88 Å². The molecule has 3 aromatic rings. The number of ether oxygens (including phenoxy) is 2. The number of carbonyl (C=O) groups is 1. The molecule has 0 radical (unpaired) electrons. The Labute approximate surface area is 232 Å². The summed E-state index contributed by atoms with van der Waals surface area (Å²) in [7, 11) is 2.18. The van der Waals surface area contributed by atoms with Gasteiger partial charge in [0.1, 0.15) is 0 Å². The zero-order valence-electron chi connectivity index (χ0n) is 23.3. The fourth-order valence-corrected chi connectivity index (χ4v) is 5.35. The van der Waals surface area contributed by atoms with Gasteiger partial charge in [-0.15, -0.1) is 0 Å². The second kappa shape index (κ2) is 12.6. The van der Waals surface area contributed by atoms with Gasteiger partial charge in [0.05, 0.1) is 6.10 Å². The molecule has 6 nitrogen and oxygen atoms in total. The van der Waals surface area contributed by atoms with Crippen LogP contribution in [0.5, 0.6) is 5.88 Å². The molecule has 5 rings (SSSR count). The fourth-order valence-electron chi connectivity index (χ4n) is 5.35. The van der Waals surface area contributed by atoms with E-state index < -0.39 is 0 Å². The molecule has 1 aliphatic heterocycles. The van der Waals surface area contributed by atoms with Crippen molar-refractivity contribution >= 4 is 17.7 Å². The highest BCUT2D eigenvalue weighted by molar-refractivity contribution is 6.07. The molecule has 1 fully saturated rings. The van der Waals surface area contributed by atoms with Crippen LogP contribution in [0.15, 0.2) is 66.4 Å². The van der Waals surface area contributed by atoms with Crippen molar-refractivity contribution in [2.45, 2.75) is 64.6 Å². The molecule has 204 valence electrons. The monoisotopic (exact) mass is 525 g/mol. The Morgan fingerprint density at radius 2 is 1.82 bits per heavy atom. The number of aryl methyl sites for hydroxylation is 1. The molecule has 2 aromatic carbocycles. The van der Waals surface area contributed by atoms with Crippen molar-refractivity contribution < 1.29 is 14.3 Å². The van der Waals surface area contributed by atoms with Crippen LogP contribution < -0.4 is 10.1 Å². The number of benzene rings is 2. The first-order valence-corrected chi connectivity index (χ1v) is 14.1. The zero-order valence-corrected chi connectivity index (χ0v) is 23.3. The highest BCUT2D eigenvalue weighted by Gasteiger charge is 2.19. The van der Waals surface area contributed by atoms with Crippen LogP contribution in [0.25, 0.3) is 17.2 Å². The van der Waals surface area contributed by atoms with Gasteiger partial charge in [-0.2, -0.15) is 0 Å². The van der Waals surface area contributed by atoms with Crippen LogP contribution in [0.4, 0.5) is 5.69 Å². The van der Waals surface area contributed by atoms with Gasteiger partial charge in [-0.25, -0.2) is 4.98 Å². The van der Waals surface area contributed by atoms with E-state index in [1.807, 2.05) is 44.3 Å². The van der Waals surface area contributed by atoms with Crippen molar-refractivity contribution in [3.63, 3.8) is 0 Å². The van der Waals surface area contributed by atoms with E-state index in [4.69, 9.17) is 9.47 Å². The lowest BCUT2D eigenvalue weighted by molar-refractivity contribution is -0.112. The maximum atomic E-state index is 13.3. The minimum absolute atomic E-state index is 0.0304. The molecule has 0 spiro atoms. The van der Waals surface area contributed by atoms with Crippen molar-refractivity contribution in [3.8, 4) is 17.0 Å². The average molecular weight is 526 g/mol. The predicted octanol–water partition coefficient (Wildman–Crippen LogP) is 6.51. The third-order valence-electron chi connectivity index (χ3n) is 7.54. The van der Waals surface area contributed by atoms with Gasteiger partial charge in [0.25, 0.3) is 5.91 Å². The number of rotatable bonds is 8. The van der Waals surface area contributed by atoms with Gasteiger partial charge in [0, 0.05) is 54.9 Å². The molecule has 39 heavy (non-hydrogen) atoms. The van der Waals surface area contributed by atoms with Crippen LogP contribution in [0.1, 0.15) is 56.2 Å². The molecule has 2 heterocycles. The third kappa shape index (κ3) is 7.14. The smallest absolute Gasteiger partial charge is 0.251 e. The third-order valence-corrected chi connectivity index (χ3v) is 7.54. The molecule has 2 aliphatic rings. The lowest BCUT2D eigenvalue weighted by atomic mass is 9.98. The number of hydrogen-bond donors (Lipinski definition) is 1. The average Bonchev–Trinajstić information content (AvgIpc) is 3.17. The van der Waals surface area contributed by atoms with Gasteiger partial charge in [0.15, 0.2) is 0 Å². The van der Waals surface area contributed by atoms with E-state index in [0.717, 1.165) is 79.8 Å². The summed E-state index contributed by atoms with van der Waals surface area (Å²) in [4.78, 5) is 20.1. The Bertz CT molecular complexity index is 1290. The highest BCUT2D eigenvalue weighted by atomic mass is 16.5. The Morgan fingerprint density at radius 3 is 2.54 bits per heavy atom. The van der Waals surface area contributed by atoms with Gasteiger partial charge >= 0.3 is 0 Å². The summed E-state index contributed by atoms with van der Waals surface area (Å²) < 4.78 is 11.2. The number of nitrogens with one attached hydrogen (secondary N) is 1. The lowest BCUT2D eigenvalue weighted by Crippen LogP contribution is -2.36. The predicted molar refractivity (Wildman–Crippen MR) is 157 cm³/mol. The standard InChI is InChI=1S/C33H39N3O3/c1-23(2)39-32-14-11-28(21-34-32)26-10-9-25-5-4-6-27(20-29(25)19-26)33(37)35-30-12-7-24(8-13-30)22-36(3)31-15-17-38-18-16-31/h7-14,19-21,23,31H,4-6,15-18,22H2,1-3H3,(H,35,37). The van der Waals surface area contributed by atoms with Crippen LogP contribution in [0.3, 0.4) is 0 Å². The van der Waals surface area contributed by atoms with Crippen LogP contribution in [0, 0.1) is 0 Å². The molecule has 1 aliphatic carbocycles. The zero-order chi connectivity index (χ0) is 27.2. The summed E-state index contributed by atoms with van der Waals surface area (Å²) >= 11 is 0. The molecule has 0 atom stereocenters. The van der Waals surface area contributed by atoms with Crippen LogP contribution in [-0.2, 0) is 22.5 Å². The number of hydrogen-bond acceptors (Lipinski definition) is 5. The summed E-state index contributed by atoms with van der Waals surface area (Å²) in [6.07, 6.45) is 8.82. The minimum atomic E-state index is -0.0304. The van der Waals surface area contributed by atoms with Crippen molar-refractivity contribution in [1.29, 1.82) is 0 Å². The number of anilines is 1. The largest absolute Gasteiger partial charge is 0.475 e. The van der Waals surface area contributed by atoms with Crippen molar-refractivity contribution in [2.75, 3.05) is 25.6 Å². The van der Waals surface area contributed by atoms with E-state index in [0.29, 0.717) is 11.9 Å². The van der Waals surface area contributed by atoms with Gasteiger partial charge in [0.2, 0.25) is 5.88 Å². The first kappa shape index (κ1) is 27.1. The van der Waals surface area contributed by atoms with Gasteiger partial charge in [-0.05, 0) is 106 Å². The molecule has 0 saturated carbocycles. The number of fused-ring (bicyclic) bond motifs is 1. The summed E-state index contributed by atoms with van der Waals surface area (Å²) in [5.74, 6) is 0.596. The molecular weight excluding hydrogens is 486 g/mol. The maximum Gasteiger partial charge on any atom is 0.251 e. The first-order chi connectivity index (χ1) is 18.9. The first-order valence-electron chi connectivity index (χ1n) is 14.1. The molecule has 1 amide bonds. The molecule has 1 N–H and O–H groups in total. The number of carbonyl (C=O) groups excluding carboxylic acids is 1. The van der Waals surface area contributed by atoms with Crippen LogP contribution >= 0.6 is 0 Å². The highest BCUT2D eigenvalue weighted by Crippen LogP contribution is 2.29. The molecule has 1 saturated heterocycles. The van der Waals surface area contributed by atoms with Gasteiger partial charge in [-0.3, -0.25) is 9.69 Å². The van der Waals surface area contributed by atoms with Crippen LogP contribution in [0.2, 0.25) is 0 Å². The van der Waals surface area contributed by atoms with Crippen molar-refractivity contribution in [3.05, 3.63) is 83.1 Å². The number of aromatic nitrogens is 1. The Morgan fingerprint density at radius 1 is 1.05 bits per heavy atom. The number of amides is 1. The molecule has 1 aromatic heterocycles. The second-order valence-electron chi connectivity index (χ2n) is 10.9. The van der Waals surface area contributed by atoms with E-state index in [1.54, 1.807) is 0 Å². The number of nitrogens with zero attached hydrogens (tertiary/aromatic N) is 2. The van der Waals surface area contributed by atoms with E-state index in [-0.39, 0.29) is 12.0 Å². The molecular formula is C33H39N3O3. The topological polar surface area (TPSA) is 63.7 Å².